The summed E-state index contributed by atoms with van der Waals surface area (Å²) >= 11 is 0. The van der Waals surface area contributed by atoms with E-state index in [1.165, 1.54) is 0 Å². The minimum Gasteiger partial charge on any atom is -0.480 e. The lowest BCUT2D eigenvalue weighted by Gasteiger charge is -2.26. The molecule has 0 unspecified atom stereocenters. The van der Waals surface area contributed by atoms with Crippen LogP contribution in [0, 0.1) is 0 Å². The quantitative estimate of drug-likeness (QED) is 0.591. The number of ether oxygens (including phenoxy) is 2. The number of likely N-dealkylation sites (tertiary alicyclic amines) is 1. The molecule has 1 aliphatic heterocycles. The Kier molecular flexibility index (Phi) is 7.06. The number of aromatic nitrogens is 2. The fraction of sp³-hybridized carbons (Fsp3) is 0.500. The van der Waals surface area contributed by atoms with Gasteiger partial charge in [-0.05, 0) is 39.0 Å². The molecular formula is C22H27F2N3O5. The number of carbonyl (C=O) groups is 1. The number of aliphatic hydroxyl groups is 1. The van der Waals surface area contributed by atoms with Crippen molar-refractivity contribution in [1.29, 1.82) is 0 Å². The van der Waals surface area contributed by atoms with Crippen LogP contribution in [0.4, 0.5) is 8.78 Å². The summed E-state index contributed by atoms with van der Waals surface area (Å²) in [7, 11) is 0. The van der Waals surface area contributed by atoms with Gasteiger partial charge in [-0.2, -0.15) is 8.78 Å². The molecule has 10 heteroatoms. The first-order valence-electron chi connectivity index (χ1n) is 10.2. The molecule has 1 aromatic heterocycles. The van der Waals surface area contributed by atoms with E-state index in [2.05, 4.69) is 9.97 Å². The van der Waals surface area contributed by atoms with Gasteiger partial charge in [0.1, 0.15) is 18.9 Å². The van der Waals surface area contributed by atoms with Gasteiger partial charge in [-0.15, -0.1) is 0 Å². The molecule has 8 nitrogen and oxygen atoms in total. The Morgan fingerprint density at radius 3 is 2.50 bits per heavy atom. The van der Waals surface area contributed by atoms with Gasteiger partial charge in [0.15, 0.2) is 5.69 Å². The smallest absolute Gasteiger partial charge is 0.321 e. The van der Waals surface area contributed by atoms with E-state index in [4.69, 9.17) is 14.6 Å². The summed E-state index contributed by atoms with van der Waals surface area (Å²) in [5, 5.41) is 18.5. The summed E-state index contributed by atoms with van der Waals surface area (Å²) in [4.78, 5) is 21.6. The number of allylic oxidation sites excluding steroid dienone is 1. The third kappa shape index (κ3) is 5.76. The number of hydrogen-bond acceptors (Lipinski definition) is 7. The van der Waals surface area contributed by atoms with Crippen LogP contribution >= 0.6 is 0 Å². The van der Waals surface area contributed by atoms with Gasteiger partial charge in [-0.25, -0.2) is 9.97 Å². The largest absolute Gasteiger partial charge is 0.480 e. The molecule has 2 N–H and O–H groups in total. The summed E-state index contributed by atoms with van der Waals surface area (Å²) in [5.74, 6) is -4.96. The molecule has 0 aliphatic carbocycles. The first-order chi connectivity index (χ1) is 15.0. The molecule has 1 aromatic carbocycles. The number of carboxylic acids is 1. The van der Waals surface area contributed by atoms with Gasteiger partial charge in [0.25, 0.3) is 0 Å². The molecule has 1 fully saturated rings. The summed E-state index contributed by atoms with van der Waals surface area (Å²) in [6, 6.07) is 5.66. The minimum absolute atomic E-state index is 0.0615. The molecule has 2 heterocycles. The van der Waals surface area contributed by atoms with Gasteiger partial charge >= 0.3 is 11.9 Å². The molecule has 2 atom stereocenters. The Morgan fingerprint density at radius 2 is 1.91 bits per heavy atom. The second-order valence-corrected chi connectivity index (χ2v) is 8.56. The van der Waals surface area contributed by atoms with Crippen LogP contribution in [0.1, 0.15) is 32.9 Å². The van der Waals surface area contributed by atoms with Crippen LogP contribution in [-0.4, -0.2) is 68.7 Å². The highest BCUT2D eigenvalue weighted by atomic mass is 19.3. The molecule has 1 saturated heterocycles. The number of halogens is 2. The van der Waals surface area contributed by atoms with Crippen molar-refractivity contribution in [2.24, 2.45) is 0 Å². The lowest BCUT2D eigenvalue weighted by atomic mass is 10.2. The van der Waals surface area contributed by atoms with Crippen molar-refractivity contribution in [3.63, 3.8) is 0 Å². The van der Waals surface area contributed by atoms with Crippen molar-refractivity contribution in [1.82, 2.24) is 14.9 Å². The van der Waals surface area contributed by atoms with Crippen molar-refractivity contribution in [3.05, 3.63) is 42.1 Å². The topological polar surface area (TPSA) is 105 Å². The Morgan fingerprint density at radius 1 is 1.25 bits per heavy atom. The van der Waals surface area contributed by atoms with Crippen LogP contribution < -0.4 is 4.74 Å². The number of rotatable bonds is 8. The summed E-state index contributed by atoms with van der Waals surface area (Å²) in [6.45, 7) is 5.23. The fourth-order valence-corrected chi connectivity index (χ4v) is 3.34. The molecule has 0 saturated carbocycles. The first-order valence-corrected chi connectivity index (χ1v) is 10.2. The van der Waals surface area contributed by atoms with E-state index in [0.717, 1.165) is 6.08 Å². The van der Waals surface area contributed by atoms with E-state index >= 15 is 0 Å². The van der Waals surface area contributed by atoms with E-state index in [-0.39, 0.29) is 31.1 Å². The SMILES string of the molecule is CC(C)(C)OCN1C[C@H](Oc2nc3ccccc3nc2C(F)(F)/C=C/CO)C[C@H]1C(=O)O. The Bertz CT molecular complexity index is 993. The highest BCUT2D eigenvalue weighted by molar-refractivity contribution is 5.75. The number of aliphatic carboxylic acids is 1. The van der Waals surface area contributed by atoms with Gasteiger partial charge < -0.3 is 19.7 Å². The highest BCUT2D eigenvalue weighted by Crippen LogP contribution is 2.36. The Hall–Kier alpha value is -2.69. The van der Waals surface area contributed by atoms with Crippen LogP contribution in [0.3, 0.4) is 0 Å². The number of aliphatic hydroxyl groups excluding tert-OH is 1. The zero-order valence-electron chi connectivity index (χ0n) is 18.2. The summed E-state index contributed by atoms with van der Waals surface area (Å²) in [5.41, 5.74) is -0.534. The Labute approximate surface area is 184 Å². The normalized spacial score (nSPS) is 20.3. The number of carboxylic acid groups (broad SMARTS) is 1. The number of benzene rings is 1. The number of para-hydroxylation sites is 2. The van der Waals surface area contributed by atoms with Crippen LogP contribution in [0.15, 0.2) is 36.4 Å². The molecule has 0 spiro atoms. The van der Waals surface area contributed by atoms with E-state index in [1.807, 2.05) is 20.8 Å². The predicted octanol–water partition coefficient (Wildman–Crippen LogP) is 2.95. The maximum atomic E-state index is 14.8. The van der Waals surface area contributed by atoms with Gasteiger partial charge in [0.05, 0.1) is 23.2 Å². The molecule has 174 valence electrons. The molecule has 3 rings (SSSR count). The third-order valence-electron chi connectivity index (χ3n) is 4.88. The fourth-order valence-electron chi connectivity index (χ4n) is 3.34. The molecule has 1 aliphatic rings. The molecule has 32 heavy (non-hydrogen) atoms. The lowest BCUT2D eigenvalue weighted by molar-refractivity contribution is -0.146. The average Bonchev–Trinajstić information content (AvgIpc) is 3.13. The van der Waals surface area contributed by atoms with Crippen molar-refractivity contribution in [2.45, 2.75) is 50.9 Å². The Balaban J connectivity index is 1.91. The maximum absolute atomic E-state index is 14.8. The zero-order chi connectivity index (χ0) is 23.5. The van der Waals surface area contributed by atoms with E-state index in [1.54, 1.807) is 29.2 Å². The van der Waals surface area contributed by atoms with Gasteiger partial charge in [0.2, 0.25) is 5.88 Å². The second-order valence-electron chi connectivity index (χ2n) is 8.56. The van der Waals surface area contributed by atoms with Crippen molar-refractivity contribution in [3.8, 4) is 5.88 Å². The van der Waals surface area contributed by atoms with Crippen LogP contribution in [0.2, 0.25) is 0 Å². The predicted molar refractivity (Wildman–Crippen MR) is 113 cm³/mol. The van der Waals surface area contributed by atoms with Gasteiger partial charge in [-0.1, -0.05) is 18.2 Å². The zero-order valence-corrected chi connectivity index (χ0v) is 18.2. The van der Waals surface area contributed by atoms with E-state index in [0.29, 0.717) is 11.6 Å². The molecular weight excluding hydrogens is 424 g/mol. The summed E-state index contributed by atoms with van der Waals surface area (Å²) < 4.78 is 41.2. The number of fused-ring (bicyclic) bond motifs is 1. The van der Waals surface area contributed by atoms with Crippen LogP contribution in [0.25, 0.3) is 11.0 Å². The summed E-state index contributed by atoms with van der Waals surface area (Å²) in [6.07, 6.45) is 0.833. The molecule has 0 bridgehead atoms. The third-order valence-corrected chi connectivity index (χ3v) is 4.88. The lowest BCUT2D eigenvalue weighted by Crippen LogP contribution is -2.40. The van der Waals surface area contributed by atoms with Crippen molar-refractivity contribution in [2.75, 3.05) is 19.9 Å². The number of hydrogen-bond donors (Lipinski definition) is 2. The number of nitrogens with zero attached hydrogens (tertiary/aromatic N) is 3. The highest BCUT2D eigenvalue weighted by Gasteiger charge is 2.41. The standard InChI is InChI=1S/C22H27F2N3O5/c1-21(2,3)31-13-27-12-14(11-17(27)20(29)30)32-19-18(22(23,24)9-6-10-28)25-15-7-4-5-8-16(15)26-19/h4-9,14,17,28H,10-13H2,1-3H3,(H,29,30)/b9-6+/t14-,17+/m1/s1. The molecule has 2 aromatic rings. The minimum atomic E-state index is -3.55. The van der Waals surface area contributed by atoms with Gasteiger partial charge in [0, 0.05) is 13.0 Å². The van der Waals surface area contributed by atoms with Crippen molar-refractivity contribution < 1.29 is 33.3 Å². The average molecular weight is 451 g/mol. The van der Waals surface area contributed by atoms with Crippen LogP contribution in [0.5, 0.6) is 5.88 Å². The first kappa shape index (κ1) is 24.0. The van der Waals surface area contributed by atoms with E-state index in [9.17, 15) is 18.7 Å². The maximum Gasteiger partial charge on any atom is 0.321 e. The second kappa shape index (κ2) is 9.43. The molecule has 0 amide bonds. The molecule has 0 radical (unpaired) electrons. The van der Waals surface area contributed by atoms with E-state index < -0.39 is 41.9 Å². The van der Waals surface area contributed by atoms with Crippen molar-refractivity contribution >= 4 is 17.0 Å². The van der Waals surface area contributed by atoms with Gasteiger partial charge in [-0.3, -0.25) is 9.69 Å². The monoisotopic (exact) mass is 451 g/mol. The van der Waals surface area contributed by atoms with Crippen LogP contribution in [-0.2, 0) is 15.5 Å². The number of alkyl halides is 2.